The van der Waals surface area contributed by atoms with Crippen molar-refractivity contribution < 1.29 is 23.5 Å². The van der Waals surface area contributed by atoms with Gasteiger partial charge in [-0.3, -0.25) is 14.4 Å². The number of rotatable bonds is 4. The number of piperidine rings is 1. The lowest BCUT2D eigenvalue weighted by atomic mass is 9.82. The number of carbonyl (C=O) groups is 3. The number of Topliss-reactive ketones (excluding diaryl/α,β-unsaturated/α-hetero) is 1. The summed E-state index contributed by atoms with van der Waals surface area (Å²) in [7, 11) is 0. The summed E-state index contributed by atoms with van der Waals surface area (Å²) in [5.41, 5.74) is 1.24. The fourth-order valence-electron chi connectivity index (χ4n) is 4.19. The zero-order valence-corrected chi connectivity index (χ0v) is 18.5. The molecule has 0 atom stereocenters. The Balaban J connectivity index is 1.30. The lowest BCUT2D eigenvalue weighted by Gasteiger charge is -2.44. The molecule has 2 aromatic rings. The first kappa shape index (κ1) is 22.3. The number of nitrogens with one attached hydrogen (secondary N) is 1. The van der Waals surface area contributed by atoms with Crippen LogP contribution in [0.2, 0.25) is 5.02 Å². The lowest BCUT2D eigenvalue weighted by Crippen LogP contribution is -2.52. The molecule has 1 saturated heterocycles. The van der Waals surface area contributed by atoms with Crippen molar-refractivity contribution in [2.75, 3.05) is 18.4 Å². The predicted molar refractivity (Wildman–Crippen MR) is 119 cm³/mol. The maximum atomic E-state index is 12.9. The lowest BCUT2D eigenvalue weighted by molar-refractivity contribution is -0.136. The average molecular weight is 459 g/mol. The van der Waals surface area contributed by atoms with Gasteiger partial charge in [0.1, 0.15) is 17.2 Å². The van der Waals surface area contributed by atoms with Gasteiger partial charge in [0.05, 0.1) is 12.0 Å². The molecule has 1 fully saturated rings. The zero-order chi connectivity index (χ0) is 22.9. The highest BCUT2D eigenvalue weighted by Gasteiger charge is 2.43. The van der Waals surface area contributed by atoms with Crippen molar-refractivity contribution in [3.8, 4) is 5.75 Å². The van der Waals surface area contributed by atoms with Gasteiger partial charge in [-0.25, -0.2) is 4.39 Å². The van der Waals surface area contributed by atoms with E-state index in [9.17, 15) is 18.8 Å². The molecule has 0 saturated carbocycles. The van der Waals surface area contributed by atoms with E-state index in [0.29, 0.717) is 48.0 Å². The van der Waals surface area contributed by atoms with E-state index in [0.717, 1.165) is 5.56 Å². The Morgan fingerprint density at radius 3 is 2.53 bits per heavy atom. The van der Waals surface area contributed by atoms with Gasteiger partial charge < -0.3 is 15.0 Å². The van der Waals surface area contributed by atoms with Gasteiger partial charge in [0, 0.05) is 49.5 Å². The van der Waals surface area contributed by atoms with Crippen molar-refractivity contribution in [1.29, 1.82) is 0 Å². The third-order valence-corrected chi connectivity index (χ3v) is 6.50. The highest BCUT2D eigenvalue weighted by atomic mass is 35.5. The molecule has 4 rings (SSSR count). The second-order valence-corrected chi connectivity index (χ2v) is 8.83. The molecule has 1 N–H and O–H groups in total. The maximum Gasteiger partial charge on any atom is 0.224 e. The van der Waals surface area contributed by atoms with Crippen LogP contribution < -0.4 is 10.1 Å². The van der Waals surface area contributed by atoms with Crippen LogP contribution in [0.25, 0.3) is 0 Å². The summed E-state index contributed by atoms with van der Waals surface area (Å²) < 4.78 is 19.2. The van der Waals surface area contributed by atoms with Crippen LogP contribution in [0.5, 0.6) is 5.75 Å². The summed E-state index contributed by atoms with van der Waals surface area (Å²) in [6.07, 6.45) is 1.49. The van der Waals surface area contributed by atoms with E-state index in [1.165, 1.54) is 24.3 Å². The van der Waals surface area contributed by atoms with E-state index in [1.807, 2.05) is 6.92 Å². The summed E-state index contributed by atoms with van der Waals surface area (Å²) in [5, 5.41) is 3.20. The number of carbonyl (C=O) groups excluding carboxylic acids is 3. The van der Waals surface area contributed by atoms with Crippen molar-refractivity contribution in [1.82, 2.24) is 4.90 Å². The van der Waals surface area contributed by atoms with Gasteiger partial charge in [0.25, 0.3) is 0 Å². The summed E-state index contributed by atoms with van der Waals surface area (Å²) in [5.74, 6) is -0.234. The number of hydrogen-bond acceptors (Lipinski definition) is 4. The fraction of sp³-hybridized carbons (Fsp3) is 0.375. The summed E-state index contributed by atoms with van der Waals surface area (Å²) in [4.78, 5) is 39.1. The molecule has 2 amide bonds. The number of halogens is 2. The monoisotopic (exact) mass is 458 g/mol. The predicted octanol–water partition coefficient (Wildman–Crippen LogP) is 4.53. The Morgan fingerprint density at radius 1 is 1.16 bits per heavy atom. The number of anilines is 1. The third-order valence-electron chi connectivity index (χ3n) is 6.09. The number of fused-ring (bicyclic) bond motifs is 1. The smallest absolute Gasteiger partial charge is 0.224 e. The molecule has 168 valence electrons. The molecule has 0 aliphatic carbocycles. The van der Waals surface area contributed by atoms with Crippen molar-refractivity contribution >= 4 is 34.9 Å². The van der Waals surface area contributed by atoms with Crippen LogP contribution >= 0.6 is 11.6 Å². The van der Waals surface area contributed by atoms with Crippen LogP contribution in [0.15, 0.2) is 36.4 Å². The normalized spacial score (nSPS) is 17.0. The van der Waals surface area contributed by atoms with Gasteiger partial charge in [-0.05, 0) is 48.9 Å². The van der Waals surface area contributed by atoms with Gasteiger partial charge in [-0.15, -0.1) is 0 Å². The van der Waals surface area contributed by atoms with Crippen molar-refractivity contribution in [3.05, 3.63) is 58.4 Å². The van der Waals surface area contributed by atoms with Crippen LogP contribution in [0.1, 0.15) is 48.0 Å². The summed E-state index contributed by atoms with van der Waals surface area (Å²) >= 11 is 6.15. The first-order valence-corrected chi connectivity index (χ1v) is 11.0. The van der Waals surface area contributed by atoms with Crippen LogP contribution in [-0.2, 0) is 9.59 Å². The Kier molecular flexibility index (Phi) is 6.20. The van der Waals surface area contributed by atoms with E-state index in [-0.39, 0.29) is 42.7 Å². The first-order valence-electron chi connectivity index (χ1n) is 10.6. The molecule has 0 unspecified atom stereocenters. The second-order valence-electron chi connectivity index (χ2n) is 8.42. The van der Waals surface area contributed by atoms with Crippen LogP contribution in [0, 0.1) is 12.7 Å². The molecule has 1 spiro atoms. The molecule has 32 heavy (non-hydrogen) atoms. The third kappa shape index (κ3) is 4.78. The first-order chi connectivity index (χ1) is 15.2. The van der Waals surface area contributed by atoms with Gasteiger partial charge in [0.15, 0.2) is 5.78 Å². The Morgan fingerprint density at radius 2 is 1.84 bits per heavy atom. The molecule has 0 aromatic heterocycles. The second kappa shape index (κ2) is 8.90. The SMILES string of the molecule is Cc1cc2c(cc1Cl)C(=O)CC1(CCN(C(=O)CCC(=O)Nc3ccc(F)cc3)CC1)O2. The van der Waals surface area contributed by atoms with E-state index in [1.54, 1.807) is 17.0 Å². The van der Waals surface area contributed by atoms with Crippen LogP contribution in [0.3, 0.4) is 0 Å². The number of likely N-dealkylation sites (tertiary alicyclic amines) is 1. The summed E-state index contributed by atoms with van der Waals surface area (Å²) in [6, 6.07) is 8.93. The standard InChI is InChI=1S/C24H24ClFN2O4/c1-15-12-21-18(13-19(15)25)20(29)14-24(32-21)8-10-28(11-9-24)23(31)7-6-22(30)27-17-4-2-16(26)3-5-17/h2-5,12-13H,6-11,14H2,1H3,(H,27,30). The quantitative estimate of drug-likeness (QED) is 0.730. The highest BCUT2D eigenvalue weighted by Crippen LogP contribution is 2.41. The molecule has 8 heteroatoms. The number of ketones is 1. The topological polar surface area (TPSA) is 75.7 Å². The minimum Gasteiger partial charge on any atom is -0.486 e. The Labute approximate surface area is 190 Å². The molecule has 6 nitrogen and oxygen atoms in total. The Bertz CT molecular complexity index is 1060. The van der Waals surface area contributed by atoms with Gasteiger partial charge >= 0.3 is 0 Å². The fourth-order valence-corrected chi connectivity index (χ4v) is 4.36. The van der Waals surface area contributed by atoms with Crippen LogP contribution in [-0.4, -0.2) is 41.2 Å². The average Bonchev–Trinajstić information content (AvgIpc) is 2.76. The van der Waals surface area contributed by atoms with Crippen molar-refractivity contribution in [2.45, 2.75) is 44.6 Å². The number of aryl methyl sites for hydroxylation is 1. The maximum absolute atomic E-state index is 12.9. The molecule has 2 heterocycles. The molecule has 0 bridgehead atoms. The number of benzene rings is 2. The largest absolute Gasteiger partial charge is 0.486 e. The van der Waals surface area contributed by atoms with Gasteiger partial charge in [0.2, 0.25) is 11.8 Å². The van der Waals surface area contributed by atoms with Crippen LogP contribution in [0.4, 0.5) is 10.1 Å². The molecule has 2 aliphatic rings. The highest BCUT2D eigenvalue weighted by molar-refractivity contribution is 6.31. The van der Waals surface area contributed by atoms with Crippen molar-refractivity contribution in [3.63, 3.8) is 0 Å². The molecule has 2 aromatic carbocycles. The molecule has 2 aliphatic heterocycles. The van der Waals surface area contributed by atoms with E-state index < -0.39 is 5.60 Å². The van der Waals surface area contributed by atoms with E-state index in [4.69, 9.17) is 16.3 Å². The minimum atomic E-state index is -0.610. The number of amides is 2. The van der Waals surface area contributed by atoms with E-state index >= 15 is 0 Å². The number of ether oxygens (including phenoxy) is 1. The van der Waals surface area contributed by atoms with Gasteiger partial charge in [-0.2, -0.15) is 0 Å². The number of nitrogens with zero attached hydrogens (tertiary/aromatic N) is 1. The number of hydrogen-bond donors (Lipinski definition) is 1. The molecule has 0 radical (unpaired) electrons. The molecular formula is C24H24ClFN2O4. The molecular weight excluding hydrogens is 435 g/mol. The summed E-state index contributed by atoms with van der Waals surface area (Å²) in [6.45, 7) is 2.80. The van der Waals surface area contributed by atoms with Crippen molar-refractivity contribution in [2.24, 2.45) is 0 Å². The zero-order valence-electron chi connectivity index (χ0n) is 17.7. The Hall–Kier alpha value is -2.93. The minimum absolute atomic E-state index is 0.00499. The van der Waals surface area contributed by atoms with Gasteiger partial charge in [-0.1, -0.05) is 11.6 Å². The van der Waals surface area contributed by atoms with E-state index in [2.05, 4.69) is 5.32 Å².